The van der Waals surface area contributed by atoms with Crippen LogP contribution >= 0.6 is 0 Å². The van der Waals surface area contributed by atoms with E-state index in [0.717, 1.165) is 60.1 Å². The SMILES string of the molecule is Cc1cc(C)c2c(n1)nn1c(N3CCN(c4cccc(C)[nH+]4)CC3)cc(C)nc21. The minimum atomic E-state index is 0.773. The number of rotatable bonds is 2. The molecule has 0 aliphatic carbocycles. The first-order valence-electron chi connectivity index (χ1n) is 10.1. The fraction of sp³-hybridized carbons (Fsp3) is 0.364. The number of pyridine rings is 2. The number of hydrogen-bond acceptors (Lipinski definition) is 5. The van der Waals surface area contributed by atoms with Gasteiger partial charge in [-0.05, 0) is 45.4 Å². The van der Waals surface area contributed by atoms with Crippen molar-refractivity contribution in [1.29, 1.82) is 0 Å². The molecule has 1 aliphatic rings. The molecule has 0 radical (unpaired) electrons. The van der Waals surface area contributed by atoms with Crippen molar-refractivity contribution in [2.45, 2.75) is 27.7 Å². The van der Waals surface area contributed by atoms with Crippen LogP contribution in [0.25, 0.3) is 16.7 Å². The predicted molar refractivity (Wildman–Crippen MR) is 115 cm³/mol. The summed E-state index contributed by atoms with van der Waals surface area (Å²) in [6, 6.07) is 10.6. The first kappa shape index (κ1) is 17.8. The van der Waals surface area contributed by atoms with Gasteiger partial charge in [0.15, 0.2) is 11.3 Å². The topological polar surface area (TPSA) is 63.7 Å². The number of fused-ring (bicyclic) bond motifs is 3. The molecule has 0 bridgehead atoms. The predicted octanol–water partition coefficient (Wildman–Crippen LogP) is 2.65. The second kappa shape index (κ2) is 6.69. The Morgan fingerprint density at radius 2 is 1.59 bits per heavy atom. The Labute approximate surface area is 170 Å². The van der Waals surface area contributed by atoms with Gasteiger partial charge in [0.1, 0.15) is 18.9 Å². The zero-order chi connectivity index (χ0) is 20.1. The molecule has 7 nitrogen and oxygen atoms in total. The summed E-state index contributed by atoms with van der Waals surface area (Å²) < 4.78 is 1.98. The Hall–Kier alpha value is -3.22. The lowest BCUT2D eigenvalue weighted by Gasteiger charge is -2.32. The first-order valence-corrected chi connectivity index (χ1v) is 10.1. The number of nitrogens with zero attached hydrogens (tertiary/aromatic N) is 6. The van der Waals surface area contributed by atoms with Crippen LogP contribution in [-0.4, -0.2) is 45.8 Å². The lowest BCUT2D eigenvalue weighted by Crippen LogP contribution is -2.48. The normalized spacial score (nSPS) is 14.9. The molecule has 1 saturated heterocycles. The fourth-order valence-electron chi connectivity index (χ4n) is 4.28. The van der Waals surface area contributed by atoms with Crippen LogP contribution in [0.2, 0.25) is 0 Å². The van der Waals surface area contributed by atoms with Crippen molar-refractivity contribution in [3.63, 3.8) is 0 Å². The van der Waals surface area contributed by atoms with Crippen molar-refractivity contribution in [1.82, 2.24) is 19.6 Å². The van der Waals surface area contributed by atoms with Crippen LogP contribution in [0, 0.1) is 27.7 Å². The number of hydrogen-bond donors (Lipinski definition) is 0. The number of H-pyrrole nitrogens is 1. The highest BCUT2D eigenvalue weighted by atomic mass is 15.4. The Balaban J connectivity index is 1.52. The van der Waals surface area contributed by atoms with Crippen molar-refractivity contribution in [2.24, 2.45) is 0 Å². The quantitative estimate of drug-likeness (QED) is 0.528. The molecule has 148 valence electrons. The van der Waals surface area contributed by atoms with Gasteiger partial charge < -0.3 is 4.90 Å². The van der Waals surface area contributed by atoms with Crippen LogP contribution in [0.5, 0.6) is 0 Å². The third-order valence-corrected chi connectivity index (χ3v) is 5.65. The van der Waals surface area contributed by atoms with E-state index in [0.29, 0.717) is 0 Å². The molecule has 0 unspecified atom stereocenters. The average Bonchev–Trinajstić information content (AvgIpc) is 3.05. The van der Waals surface area contributed by atoms with Crippen LogP contribution in [-0.2, 0) is 0 Å². The smallest absolute Gasteiger partial charge is 0.274 e. The second-order valence-corrected chi connectivity index (χ2v) is 7.96. The molecule has 0 saturated carbocycles. The van der Waals surface area contributed by atoms with E-state index >= 15 is 0 Å². The highest BCUT2D eigenvalue weighted by Crippen LogP contribution is 2.27. The summed E-state index contributed by atoms with van der Waals surface area (Å²) in [5.74, 6) is 2.27. The molecule has 4 aromatic rings. The molecule has 4 aromatic heterocycles. The standard InChI is InChI=1S/C22H25N7/c1-14-12-16(3)24-21-20(14)22-25-17(4)13-19(29(22)26-21)28-10-8-27(9-11-28)18-7-5-6-15(2)23-18/h5-7,12-13H,8-11H2,1-4H3/p+1. The van der Waals surface area contributed by atoms with E-state index in [1.54, 1.807) is 0 Å². The van der Waals surface area contributed by atoms with Gasteiger partial charge in [0.05, 0.1) is 24.2 Å². The van der Waals surface area contributed by atoms with Gasteiger partial charge in [0, 0.05) is 23.5 Å². The summed E-state index contributed by atoms with van der Waals surface area (Å²) in [6.45, 7) is 12.1. The van der Waals surface area contributed by atoms with Crippen molar-refractivity contribution < 1.29 is 4.98 Å². The molecule has 0 atom stereocenters. The number of piperazine rings is 1. The van der Waals surface area contributed by atoms with Gasteiger partial charge in [-0.15, -0.1) is 5.10 Å². The lowest BCUT2D eigenvalue weighted by molar-refractivity contribution is -0.373. The molecule has 0 amide bonds. The monoisotopic (exact) mass is 388 g/mol. The molecular formula is C22H26N7+. The van der Waals surface area contributed by atoms with Crippen molar-refractivity contribution in [3.05, 3.63) is 53.0 Å². The Morgan fingerprint density at radius 3 is 2.34 bits per heavy atom. The summed E-state index contributed by atoms with van der Waals surface area (Å²) in [5.41, 5.74) is 6.01. The van der Waals surface area contributed by atoms with Gasteiger partial charge in [-0.25, -0.2) is 15.0 Å². The molecule has 0 aromatic carbocycles. The van der Waals surface area contributed by atoms with Crippen molar-refractivity contribution in [3.8, 4) is 0 Å². The molecule has 5 heterocycles. The minimum absolute atomic E-state index is 0.773. The van der Waals surface area contributed by atoms with Crippen LogP contribution in [0.1, 0.15) is 22.6 Å². The van der Waals surface area contributed by atoms with E-state index < -0.39 is 0 Å². The number of nitrogens with one attached hydrogen (secondary N) is 1. The highest BCUT2D eigenvalue weighted by molar-refractivity contribution is 5.93. The highest BCUT2D eigenvalue weighted by Gasteiger charge is 2.26. The summed E-state index contributed by atoms with van der Waals surface area (Å²) in [7, 11) is 0. The molecule has 1 fully saturated rings. The van der Waals surface area contributed by atoms with Crippen LogP contribution in [0.3, 0.4) is 0 Å². The second-order valence-electron chi connectivity index (χ2n) is 7.96. The third kappa shape index (κ3) is 3.06. The molecule has 5 rings (SSSR count). The zero-order valence-electron chi connectivity index (χ0n) is 17.4. The molecule has 1 N–H and O–H groups in total. The summed E-state index contributed by atoms with van der Waals surface area (Å²) >= 11 is 0. The zero-order valence-corrected chi connectivity index (χ0v) is 17.4. The summed E-state index contributed by atoms with van der Waals surface area (Å²) in [4.78, 5) is 17.7. The van der Waals surface area contributed by atoms with E-state index in [1.807, 2.05) is 11.4 Å². The van der Waals surface area contributed by atoms with Gasteiger partial charge in [-0.2, -0.15) is 4.52 Å². The van der Waals surface area contributed by atoms with Gasteiger partial charge in [-0.1, -0.05) is 6.07 Å². The lowest BCUT2D eigenvalue weighted by atomic mass is 10.2. The Kier molecular flexibility index (Phi) is 4.12. The molecular weight excluding hydrogens is 362 g/mol. The van der Waals surface area contributed by atoms with E-state index in [1.165, 1.54) is 17.1 Å². The van der Waals surface area contributed by atoms with E-state index in [-0.39, 0.29) is 0 Å². The van der Waals surface area contributed by atoms with Crippen molar-refractivity contribution >= 4 is 28.3 Å². The van der Waals surface area contributed by atoms with Gasteiger partial charge in [-0.3, -0.25) is 4.90 Å². The van der Waals surface area contributed by atoms with Crippen LogP contribution in [0.15, 0.2) is 30.3 Å². The number of aryl methyl sites for hydroxylation is 4. The molecule has 29 heavy (non-hydrogen) atoms. The number of aromatic nitrogens is 5. The van der Waals surface area contributed by atoms with E-state index in [9.17, 15) is 0 Å². The molecule has 0 spiro atoms. The fourth-order valence-corrected chi connectivity index (χ4v) is 4.28. The molecule has 7 heteroatoms. The summed E-state index contributed by atoms with van der Waals surface area (Å²) in [5, 5.41) is 5.87. The summed E-state index contributed by atoms with van der Waals surface area (Å²) in [6.07, 6.45) is 0. The Morgan fingerprint density at radius 1 is 0.862 bits per heavy atom. The van der Waals surface area contributed by atoms with E-state index in [4.69, 9.17) is 10.1 Å². The average molecular weight is 388 g/mol. The van der Waals surface area contributed by atoms with Gasteiger partial charge in [0.25, 0.3) is 5.82 Å². The van der Waals surface area contributed by atoms with Crippen LogP contribution < -0.4 is 14.8 Å². The maximum absolute atomic E-state index is 4.82. The largest absolute Gasteiger partial charge is 0.349 e. The maximum Gasteiger partial charge on any atom is 0.274 e. The number of aromatic amines is 1. The minimum Gasteiger partial charge on any atom is -0.349 e. The van der Waals surface area contributed by atoms with Gasteiger partial charge in [0.2, 0.25) is 0 Å². The molecule has 1 aliphatic heterocycles. The van der Waals surface area contributed by atoms with Crippen molar-refractivity contribution in [2.75, 3.05) is 36.0 Å². The first-order chi connectivity index (χ1) is 14.0. The van der Waals surface area contributed by atoms with E-state index in [2.05, 4.69) is 70.9 Å². The number of anilines is 2. The van der Waals surface area contributed by atoms with Gasteiger partial charge >= 0.3 is 0 Å². The van der Waals surface area contributed by atoms with Crippen LogP contribution in [0.4, 0.5) is 11.6 Å². The Bertz CT molecular complexity index is 1220. The third-order valence-electron chi connectivity index (χ3n) is 5.65. The maximum atomic E-state index is 4.82.